The number of para-hydroxylation sites is 2. The number of benzene rings is 1. The van der Waals surface area contributed by atoms with E-state index in [0.29, 0.717) is 24.3 Å². The first-order chi connectivity index (χ1) is 12.5. The van der Waals surface area contributed by atoms with Crippen LogP contribution in [-0.2, 0) is 14.3 Å². The van der Waals surface area contributed by atoms with Crippen molar-refractivity contribution in [3.05, 3.63) is 43.8 Å². The third kappa shape index (κ3) is 5.76. The standard InChI is InChI=1S/C19H26IN3O3/c1-20-14(11-12-17(20)26-2)19(25)22-13-7-3-4-10-18(24)23-16-9-6-5-8-15(16)21/h5-6,8-9,11-12H,3-4,7,10,13,21H2,1-2H3,(H,22,25)(H,23,24). The van der Waals surface area contributed by atoms with Crippen LogP contribution in [0.2, 0.25) is 0 Å². The number of nitrogen functional groups attached to an aromatic ring is 1. The van der Waals surface area contributed by atoms with Crippen molar-refractivity contribution in [3.8, 4) is 0 Å². The molecule has 0 aliphatic carbocycles. The van der Waals surface area contributed by atoms with Gasteiger partial charge in [0, 0.05) is 0 Å². The van der Waals surface area contributed by atoms with Gasteiger partial charge in [-0.25, -0.2) is 0 Å². The number of alkyl halides is 1. The summed E-state index contributed by atoms with van der Waals surface area (Å²) in [6.07, 6.45) is 6.73. The number of carbonyl (C=O) groups is 2. The molecule has 0 spiro atoms. The molecule has 0 saturated carbocycles. The molecule has 142 valence electrons. The fourth-order valence-electron chi connectivity index (χ4n) is 2.51. The summed E-state index contributed by atoms with van der Waals surface area (Å²) in [5.74, 6) is -0.0277. The van der Waals surface area contributed by atoms with Crippen LogP contribution in [0, 0.1) is 0 Å². The Hall–Kier alpha value is -2.03. The number of unbranched alkanes of at least 4 members (excludes halogenated alkanes) is 2. The monoisotopic (exact) mass is 471 g/mol. The SMILES string of the molecule is COC1=CC=C(C(=O)NCCCCCC(=O)Nc2ccccc2N)I1C. The Kier molecular flexibility index (Phi) is 7.96. The first-order valence-corrected chi connectivity index (χ1v) is 12.8. The topological polar surface area (TPSA) is 93.4 Å². The summed E-state index contributed by atoms with van der Waals surface area (Å²) in [5.41, 5.74) is 7.02. The molecule has 2 rings (SSSR count). The molecule has 0 radical (unpaired) electrons. The molecule has 0 aromatic heterocycles. The van der Waals surface area contributed by atoms with E-state index in [2.05, 4.69) is 15.6 Å². The van der Waals surface area contributed by atoms with E-state index in [0.717, 1.165) is 26.6 Å². The summed E-state index contributed by atoms with van der Waals surface area (Å²) < 4.78 is 7.13. The van der Waals surface area contributed by atoms with Gasteiger partial charge in [0.15, 0.2) is 0 Å². The molecule has 1 aliphatic heterocycles. The van der Waals surface area contributed by atoms with Gasteiger partial charge in [-0.3, -0.25) is 0 Å². The van der Waals surface area contributed by atoms with Crippen molar-refractivity contribution in [1.29, 1.82) is 0 Å². The maximum atomic E-state index is 12.2. The Morgan fingerprint density at radius 3 is 2.62 bits per heavy atom. The molecule has 1 aromatic carbocycles. The Balaban J connectivity index is 1.58. The zero-order valence-electron chi connectivity index (χ0n) is 15.2. The summed E-state index contributed by atoms with van der Waals surface area (Å²) in [6.45, 7) is 0.621. The molecule has 4 N–H and O–H groups in total. The molecular weight excluding hydrogens is 445 g/mol. The van der Waals surface area contributed by atoms with E-state index in [1.165, 1.54) is 0 Å². The molecule has 0 atom stereocenters. The number of anilines is 2. The Bertz CT molecular complexity index is 716. The van der Waals surface area contributed by atoms with Gasteiger partial charge in [-0.2, -0.15) is 0 Å². The number of hydrogen-bond acceptors (Lipinski definition) is 4. The normalized spacial score (nSPS) is 14.5. The van der Waals surface area contributed by atoms with Gasteiger partial charge in [0.1, 0.15) is 0 Å². The summed E-state index contributed by atoms with van der Waals surface area (Å²) in [4.78, 5) is 26.2. The van der Waals surface area contributed by atoms with Crippen LogP contribution in [0.15, 0.2) is 43.8 Å². The van der Waals surface area contributed by atoms with Crippen molar-refractivity contribution in [2.45, 2.75) is 25.7 Å². The number of nitrogens with two attached hydrogens (primary N) is 1. The van der Waals surface area contributed by atoms with Gasteiger partial charge in [-0.05, 0) is 6.07 Å². The summed E-state index contributed by atoms with van der Waals surface area (Å²) in [7, 11) is 1.65. The number of hydrogen-bond donors (Lipinski definition) is 3. The van der Waals surface area contributed by atoms with Gasteiger partial charge in [0.25, 0.3) is 0 Å². The predicted octanol–water partition coefficient (Wildman–Crippen LogP) is 3.41. The number of amides is 2. The van der Waals surface area contributed by atoms with Crippen LogP contribution in [0.1, 0.15) is 25.7 Å². The van der Waals surface area contributed by atoms with E-state index in [1.54, 1.807) is 19.2 Å². The summed E-state index contributed by atoms with van der Waals surface area (Å²) >= 11 is -1.61. The Labute approximate surface area is 161 Å². The number of carbonyl (C=O) groups excluding carboxylic acids is 2. The van der Waals surface area contributed by atoms with Crippen molar-refractivity contribution < 1.29 is 14.3 Å². The summed E-state index contributed by atoms with van der Waals surface area (Å²) in [6, 6.07) is 7.21. The molecule has 0 unspecified atom stereocenters. The number of nitrogens with one attached hydrogen (secondary N) is 2. The minimum absolute atomic E-state index is 0.0123. The molecule has 0 bridgehead atoms. The van der Waals surface area contributed by atoms with E-state index in [4.69, 9.17) is 10.5 Å². The molecule has 1 heterocycles. The number of ether oxygens (including phenoxy) is 1. The average molecular weight is 471 g/mol. The fraction of sp³-hybridized carbons (Fsp3) is 0.368. The van der Waals surface area contributed by atoms with Gasteiger partial charge in [-0.15, -0.1) is 0 Å². The van der Waals surface area contributed by atoms with Crippen LogP contribution in [-0.4, -0.2) is 30.4 Å². The second-order valence-corrected chi connectivity index (χ2v) is 10.8. The van der Waals surface area contributed by atoms with E-state index >= 15 is 0 Å². The van der Waals surface area contributed by atoms with Gasteiger partial charge in [0.2, 0.25) is 0 Å². The van der Waals surface area contributed by atoms with Crippen LogP contribution >= 0.6 is 19.8 Å². The fourth-order valence-corrected chi connectivity index (χ4v) is 6.11. The van der Waals surface area contributed by atoms with Crippen LogP contribution < -0.4 is 16.4 Å². The first-order valence-electron chi connectivity index (χ1n) is 8.51. The van der Waals surface area contributed by atoms with E-state index in [1.807, 2.05) is 24.3 Å². The molecule has 6 nitrogen and oxygen atoms in total. The molecule has 2 amide bonds. The van der Waals surface area contributed by atoms with Crippen LogP contribution in [0.5, 0.6) is 0 Å². The zero-order chi connectivity index (χ0) is 18.9. The van der Waals surface area contributed by atoms with Gasteiger partial charge >= 0.3 is 138 Å². The second-order valence-electron chi connectivity index (χ2n) is 5.86. The quantitative estimate of drug-likeness (QED) is 0.223. The molecule has 0 fully saturated rings. The van der Waals surface area contributed by atoms with Gasteiger partial charge in [-0.1, -0.05) is 12.1 Å². The Morgan fingerprint density at radius 2 is 1.92 bits per heavy atom. The zero-order valence-corrected chi connectivity index (χ0v) is 17.3. The molecule has 7 heteroatoms. The van der Waals surface area contributed by atoms with Crippen LogP contribution in [0.4, 0.5) is 11.4 Å². The average Bonchev–Trinajstić information content (AvgIpc) is 3.00. The molecule has 1 aromatic rings. The third-order valence-electron chi connectivity index (χ3n) is 3.96. The van der Waals surface area contributed by atoms with Gasteiger partial charge < -0.3 is 5.73 Å². The summed E-state index contributed by atoms with van der Waals surface area (Å²) in [5, 5.41) is 5.78. The van der Waals surface area contributed by atoms with Crippen molar-refractivity contribution in [1.82, 2.24) is 5.32 Å². The van der Waals surface area contributed by atoms with Crippen molar-refractivity contribution in [3.63, 3.8) is 0 Å². The van der Waals surface area contributed by atoms with E-state index < -0.39 is 19.8 Å². The minimum atomic E-state index is -1.61. The van der Waals surface area contributed by atoms with Gasteiger partial charge in [0.05, 0.1) is 0 Å². The Morgan fingerprint density at radius 1 is 1.15 bits per heavy atom. The van der Waals surface area contributed by atoms with E-state index in [9.17, 15) is 9.59 Å². The van der Waals surface area contributed by atoms with Crippen LogP contribution in [0.25, 0.3) is 0 Å². The number of methoxy groups -OCH3 is 1. The van der Waals surface area contributed by atoms with Crippen molar-refractivity contribution in [2.24, 2.45) is 0 Å². The third-order valence-corrected chi connectivity index (χ3v) is 8.95. The van der Waals surface area contributed by atoms with E-state index in [-0.39, 0.29) is 11.8 Å². The second kappa shape index (κ2) is 10.2. The molecule has 26 heavy (non-hydrogen) atoms. The van der Waals surface area contributed by atoms with Crippen LogP contribution in [0.3, 0.4) is 0 Å². The van der Waals surface area contributed by atoms with Crippen molar-refractivity contribution in [2.75, 3.05) is 29.6 Å². The predicted molar refractivity (Wildman–Crippen MR) is 114 cm³/mol. The molecular formula is C19H26IN3O3. The number of rotatable bonds is 9. The maximum absolute atomic E-state index is 12.2. The number of halogens is 1. The number of allylic oxidation sites excluding steroid dienone is 2. The van der Waals surface area contributed by atoms with Crippen molar-refractivity contribution >= 4 is 43.0 Å². The molecule has 1 aliphatic rings. The first kappa shape index (κ1) is 20.3. The molecule has 0 saturated heterocycles.